The van der Waals surface area contributed by atoms with Gasteiger partial charge in [0.2, 0.25) is 5.82 Å². The summed E-state index contributed by atoms with van der Waals surface area (Å²) in [5, 5.41) is 21.1. The molecule has 0 aliphatic heterocycles. The highest BCUT2D eigenvalue weighted by molar-refractivity contribution is 5.88. The molecule has 0 amide bonds. The van der Waals surface area contributed by atoms with Gasteiger partial charge in [0.15, 0.2) is 0 Å². The van der Waals surface area contributed by atoms with Crippen molar-refractivity contribution in [2.75, 3.05) is 0 Å². The van der Waals surface area contributed by atoms with E-state index in [1.54, 1.807) is 12.1 Å². The van der Waals surface area contributed by atoms with Crippen molar-refractivity contribution in [1.82, 2.24) is 20.2 Å². The standard InChI is InChI=1S/C14H10N4O2/c19-14(20)11-8-6-10(7-9-11)13-15-17-18(16-13)12-4-2-1-3-5-12/h1-9H,(H,19,20). The summed E-state index contributed by atoms with van der Waals surface area (Å²) in [6, 6.07) is 15.8. The second-order valence-electron chi connectivity index (χ2n) is 4.12. The molecule has 0 fully saturated rings. The normalized spacial score (nSPS) is 10.4. The van der Waals surface area contributed by atoms with E-state index in [0.29, 0.717) is 5.82 Å². The molecular formula is C14H10N4O2. The zero-order chi connectivity index (χ0) is 13.9. The van der Waals surface area contributed by atoms with Crippen LogP contribution in [0.2, 0.25) is 0 Å². The Morgan fingerprint density at radius 3 is 2.35 bits per heavy atom. The van der Waals surface area contributed by atoms with E-state index in [1.807, 2.05) is 30.3 Å². The molecule has 1 N–H and O–H groups in total. The SMILES string of the molecule is O=C(O)c1ccc(-c2nnn(-c3ccccc3)n2)cc1. The van der Waals surface area contributed by atoms with Gasteiger partial charge in [-0.25, -0.2) is 4.79 Å². The summed E-state index contributed by atoms with van der Waals surface area (Å²) in [4.78, 5) is 12.2. The van der Waals surface area contributed by atoms with Gasteiger partial charge in [0.25, 0.3) is 0 Å². The molecule has 0 spiro atoms. The van der Waals surface area contributed by atoms with Crippen LogP contribution < -0.4 is 0 Å². The smallest absolute Gasteiger partial charge is 0.335 e. The van der Waals surface area contributed by atoms with Crippen molar-refractivity contribution in [1.29, 1.82) is 0 Å². The van der Waals surface area contributed by atoms with Gasteiger partial charge in [0.05, 0.1) is 11.3 Å². The molecule has 0 saturated carbocycles. The number of aromatic nitrogens is 4. The quantitative estimate of drug-likeness (QED) is 0.784. The lowest BCUT2D eigenvalue weighted by molar-refractivity contribution is 0.0697. The van der Waals surface area contributed by atoms with Gasteiger partial charge < -0.3 is 5.11 Å². The van der Waals surface area contributed by atoms with Gasteiger partial charge in [0, 0.05) is 5.56 Å². The van der Waals surface area contributed by atoms with Crippen LogP contribution in [-0.2, 0) is 0 Å². The van der Waals surface area contributed by atoms with Crippen LogP contribution in [0, 0.1) is 0 Å². The molecule has 6 heteroatoms. The summed E-state index contributed by atoms with van der Waals surface area (Å²) < 4.78 is 0. The number of hydrogen-bond donors (Lipinski definition) is 1. The number of nitrogens with zero attached hydrogens (tertiary/aromatic N) is 4. The van der Waals surface area contributed by atoms with E-state index in [-0.39, 0.29) is 5.56 Å². The highest BCUT2D eigenvalue weighted by Gasteiger charge is 2.08. The summed E-state index contributed by atoms with van der Waals surface area (Å²) in [5.41, 5.74) is 1.76. The fraction of sp³-hybridized carbons (Fsp3) is 0. The fourth-order valence-electron chi connectivity index (χ4n) is 1.76. The predicted molar refractivity (Wildman–Crippen MR) is 71.5 cm³/mol. The van der Waals surface area contributed by atoms with E-state index in [9.17, 15) is 4.79 Å². The number of carboxylic acids is 1. The van der Waals surface area contributed by atoms with Crippen LogP contribution in [-0.4, -0.2) is 31.3 Å². The van der Waals surface area contributed by atoms with E-state index < -0.39 is 5.97 Å². The van der Waals surface area contributed by atoms with Gasteiger partial charge in [-0.3, -0.25) is 0 Å². The molecule has 0 aliphatic carbocycles. The third-order valence-electron chi connectivity index (χ3n) is 2.79. The monoisotopic (exact) mass is 266 g/mol. The molecule has 6 nitrogen and oxygen atoms in total. The predicted octanol–water partition coefficient (Wildman–Crippen LogP) is 2.03. The first-order valence-electron chi connectivity index (χ1n) is 5.93. The molecule has 20 heavy (non-hydrogen) atoms. The zero-order valence-electron chi connectivity index (χ0n) is 10.3. The first-order valence-corrected chi connectivity index (χ1v) is 5.93. The fourth-order valence-corrected chi connectivity index (χ4v) is 1.76. The van der Waals surface area contributed by atoms with Crippen LogP contribution in [0.15, 0.2) is 54.6 Å². The van der Waals surface area contributed by atoms with Crippen LogP contribution in [0.4, 0.5) is 0 Å². The van der Waals surface area contributed by atoms with Crippen LogP contribution in [0.5, 0.6) is 0 Å². The number of rotatable bonds is 3. The summed E-state index contributed by atoms with van der Waals surface area (Å²) >= 11 is 0. The summed E-state index contributed by atoms with van der Waals surface area (Å²) in [6.45, 7) is 0. The highest BCUT2D eigenvalue weighted by Crippen LogP contribution is 2.15. The van der Waals surface area contributed by atoms with Crippen LogP contribution >= 0.6 is 0 Å². The van der Waals surface area contributed by atoms with E-state index >= 15 is 0 Å². The number of aromatic carboxylic acids is 1. The van der Waals surface area contributed by atoms with Gasteiger partial charge in [-0.1, -0.05) is 30.3 Å². The first-order chi connectivity index (χ1) is 9.74. The van der Waals surface area contributed by atoms with Crippen molar-refractivity contribution in [2.45, 2.75) is 0 Å². The largest absolute Gasteiger partial charge is 0.478 e. The second kappa shape index (κ2) is 4.93. The lowest BCUT2D eigenvalue weighted by Crippen LogP contribution is -1.98. The first kappa shape index (κ1) is 12.0. The Morgan fingerprint density at radius 1 is 1.00 bits per heavy atom. The number of benzene rings is 2. The molecule has 3 aromatic rings. The van der Waals surface area contributed by atoms with Crippen molar-refractivity contribution in [3.63, 3.8) is 0 Å². The van der Waals surface area contributed by atoms with E-state index in [0.717, 1.165) is 11.3 Å². The Hall–Kier alpha value is -3.02. The molecule has 2 aromatic carbocycles. The number of hydrogen-bond acceptors (Lipinski definition) is 4. The third kappa shape index (κ3) is 2.26. The molecular weight excluding hydrogens is 256 g/mol. The van der Waals surface area contributed by atoms with E-state index in [1.165, 1.54) is 16.9 Å². The molecule has 0 saturated heterocycles. The number of tetrazole rings is 1. The lowest BCUT2D eigenvalue weighted by atomic mass is 10.1. The second-order valence-corrected chi connectivity index (χ2v) is 4.12. The van der Waals surface area contributed by atoms with Crippen LogP contribution in [0.3, 0.4) is 0 Å². The number of carbonyl (C=O) groups is 1. The molecule has 98 valence electrons. The van der Waals surface area contributed by atoms with Crippen LogP contribution in [0.1, 0.15) is 10.4 Å². The maximum atomic E-state index is 10.8. The summed E-state index contributed by atoms with van der Waals surface area (Å²) in [6.07, 6.45) is 0. The average molecular weight is 266 g/mol. The van der Waals surface area contributed by atoms with Crippen molar-refractivity contribution >= 4 is 5.97 Å². The van der Waals surface area contributed by atoms with Crippen molar-refractivity contribution in [3.05, 3.63) is 60.2 Å². The van der Waals surface area contributed by atoms with Gasteiger partial charge in [-0.15, -0.1) is 15.0 Å². The molecule has 0 atom stereocenters. The third-order valence-corrected chi connectivity index (χ3v) is 2.79. The molecule has 0 unspecified atom stereocenters. The molecule has 0 bridgehead atoms. The van der Waals surface area contributed by atoms with Gasteiger partial charge in [-0.05, 0) is 29.5 Å². The highest BCUT2D eigenvalue weighted by atomic mass is 16.4. The van der Waals surface area contributed by atoms with Crippen molar-refractivity contribution in [3.8, 4) is 17.1 Å². The van der Waals surface area contributed by atoms with Gasteiger partial charge in [0.1, 0.15) is 0 Å². The lowest BCUT2D eigenvalue weighted by Gasteiger charge is -1.97. The number of carboxylic acid groups (broad SMARTS) is 1. The Morgan fingerprint density at radius 2 is 1.70 bits per heavy atom. The Kier molecular flexibility index (Phi) is 2.96. The topological polar surface area (TPSA) is 80.9 Å². The maximum absolute atomic E-state index is 10.8. The van der Waals surface area contributed by atoms with E-state index in [2.05, 4.69) is 15.4 Å². The van der Waals surface area contributed by atoms with Crippen LogP contribution in [0.25, 0.3) is 17.1 Å². The molecule has 0 radical (unpaired) electrons. The minimum atomic E-state index is -0.961. The Labute approximate surface area is 114 Å². The number of para-hydroxylation sites is 1. The van der Waals surface area contributed by atoms with Gasteiger partial charge >= 0.3 is 5.97 Å². The summed E-state index contributed by atoms with van der Waals surface area (Å²) in [5.74, 6) is -0.511. The molecule has 1 heterocycles. The molecule has 0 aliphatic rings. The van der Waals surface area contributed by atoms with Crippen molar-refractivity contribution in [2.24, 2.45) is 0 Å². The van der Waals surface area contributed by atoms with Gasteiger partial charge in [-0.2, -0.15) is 0 Å². The van der Waals surface area contributed by atoms with Crippen molar-refractivity contribution < 1.29 is 9.90 Å². The maximum Gasteiger partial charge on any atom is 0.335 e. The molecule has 3 rings (SSSR count). The zero-order valence-corrected chi connectivity index (χ0v) is 10.3. The minimum Gasteiger partial charge on any atom is -0.478 e. The van der Waals surface area contributed by atoms with E-state index in [4.69, 9.17) is 5.11 Å². The minimum absolute atomic E-state index is 0.226. The summed E-state index contributed by atoms with van der Waals surface area (Å²) in [7, 11) is 0. The average Bonchev–Trinajstić information content (AvgIpc) is 2.98. The molecule has 1 aromatic heterocycles. The Bertz CT molecular complexity index is 735. The Balaban J connectivity index is 1.92.